The Balaban J connectivity index is 1.23. The second kappa shape index (κ2) is 11.2. The number of benzene rings is 3. The average Bonchev–Trinajstić information content (AvgIpc) is 3.51. The summed E-state index contributed by atoms with van der Waals surface area (Å²) in [6.45, 7) is -0.420. The SMILES string of the molecule is COc1ccc(/C=C2\Oc3cc(OCC(=O)N[C@@H](Cc4c[nH]c5ccccc45)C(=O)O)ccc3C2=O)c(OC)c1. The summed E-state index contributed by atoms with van der Waals surface area (Å²) in [4.78, 5) is 40.4. The quantitative estimate of drug-likeness (QED) is 0.256. The molecule has 3 N–H and O–H groups in total. The van der Waals surface area contributed by atoms with Gasteiger partial charge in [0.1, 0.15) is 29.0 Å². The number of carbonyl (C=O) groups is 3. The molecule has 40 heavy (non-hydrogen) atoms. The van der Waals surface area contributed by atoms with Crippen molar-refractivity contribution in [1.82, 2.24) is 10.3 Å². The Bertz CT molecular complexity index is 1640. The van der Waals surface area contributed by atoms with Gasteiger partial charge in [0, 0.05) is 41.2 Å². The van der Waals surface area contributed by atoms with Crippen molar-refractivity contribution >= 4 is 34.6 Å². The van der Waals surface area contributed by atoms with E-state index in [0.29, 0.717) is 22.6 Å². The van der Waals surface area contributed by atoms with Crippen LogP contribution in [0.25, 0.3) is 17.0 Å². The maximum atomic E-state index is 12.9. The molecule has 0 fully saturated rings. The van der Waals surface area contributed by atoms with Gasteiger partial charge in [-0.3, -0.25) is 9.59 Å². The van der Waals surface area contributed by atoms with Crippen molar-refractivity contribution in [2.45, 2.75) is 12.5 Å². The van der Waals surface area contributed by atoms with Crippen LogP contribution in [0.3, 0.4) is 0 Å². The van der Waals surface area contributed by atoms with Crippen LogP contribution in [0.1, 0.15) is 21.5 Å². The lowest BCUT2D eigenvalue weighted by Gasteiger charge is -2.15. The number of aromatic amines is 1. The number of allylic oxidation sites excluding steroid dienone is 1. The first-order chi connectivity index (χ1) is 19.4. The number of aliphatic carboxylic acids is 1. The predicted octanol–water partition coefficient (Wildman–Crippen LogP) is 3.99. The number of aromatic nitrogens is 1. The molecule has 0 saturated heterocycles. The Morgan fingerprint density at radius 1 is 1.05 bits per heavy atom. The van der Waals surface area contributed by atoms with Crippen LogP contribution in [0.5, 0.6) is 23.0 Å². The van der Waals surface area contributed by atoms with Gasteiger partial charge in [-0.2, -0.15) is 0 Å². The molecular formula is C30H26N2O8. The van der Waals surface area contributed by atoms with Crippen LogP contribution in [-0.4, -0.2) is 54.6 Å². The van der Waals surface area contributed by atoms with Crippen LogP contribution in [0.4, 0.5) is 0 Å². The van der Waals surface area contributed by atoms with Gasteiger partial charge in [-0.05, 0) is 42.0 Å². The summed E-state index contributed by atoms with van der Waals surface area (Å²) in [6, 6.07) is 16.2. The van der Waals surface area contributed by atoms with E-state index in [1.54, 1.807) is 49.7 Å². The van der Waals surface area contributed by atoms with E-state index in [-0.39, 0.29) is 29.5 Å². The zero-order valence-electron chi connectivity index (χ0n) is 21.7. The third kappa shape index (κ3) is 5.46. The monoisotopic (exact) mass is 542 g/mol. The molecule has 1 aromatic heterocycles. The molecular weight excluding hydrogens is 516 g/mol. The number of carbonyl (C=O) groups excluding carboxylic acids is 2. The molecule has 0 spiro atoms. The van der Waals surface area contributed by atoms with Gasteiger partial charge < -0.3 is 34.4 Å². The fourth-order valence-electron chi connectivity index (χ4n) is 4.44. The molecule has 4 aromatic rings. The number of amides is 1. The Hall–Kier alpha value is -5.25. The molecule has 0 saturated carbocycles. The summed E-state index contributed by atoms with van der Waals surface area (Å²) in [6.07, 6.45) is 3.42. The molecule has 5 rings (SSSR count). The Labute approximate surface area is 229 Å². The van der Waals surface area contributed by atoms with E-state index in [1.165, 1.54) is 13.2 Å². The molecule has 1 amide bonds. The third-order valence-electron chi connectivity index (χ3n) is 6.47. The zero-order valence-corrected chi connectivity index (χ0v) is 21.7. The number of para-hydroxylation sites is 1. The fourth-order valence-corrected chi connectivity index (χ4v) is 4.44. The minimum absolute atomic E-state index is 0.105. The molecule has 1 aliphatic rings. The second-order valence-corrected chi connectivity index (χ2v) is 9.02. The molecule has 1 atom stereocenters. The minimum atomic E-state index is -1.16. The smallest absolute Gasteiger partial charge is 0.326 e. The number of rotatable bonds is 10. The van der Waals surface area contributed by atoms with Crippen molar-refractivity contribution in [3.8, 4) is 23.0 Å². The molecule has 0 aliphatic carbocycles. The highest BCUT2D eigenvalue weighted by molar-refractivity contribution is 6.14. The lowest BCUT2D eigenvalue weighted by atomic mass is 10.1. The van der Waals surface area contributed by atoms with E-state index in [9.17, 15) is 19.5 Å². The molecule has 1 aliphatic heterocycles. The molecule has 3 aromatic carbocycles. The van der Waals surface area contributed by atoms with Crippen molar-refractivity contribution in [2.24, 2.45) is 0 Å². The topological polar surface area (TPSA) is 136 Å². The summed E-state index contributed by atoms with van der Waals surface area (Å²) >= 11 is 0. The van der Waals surface area contributed by atoms with Crippen molar-refractivity contribution in [3.63, 3.8) is 0 Å². The number of hydrogen-bond acceptors (Lipinski definition) is 7. The minimum Gasteiger partial charge on any atom is -0.497 e. The van der Waals surface area contributed by atoms with Crippen LogP contribution in [0.2, 0.25) is 0 Å². The molecule has 0 radical (unpaired) electrons. The molecule has 204 valence electrons. The first-order valence-electron chi connectivity index (χ1n) is 12.4. The standard InChI is InChI=1S/C30H26N2O8/c1-37-19-8-7-17(25(13-19)38-2)12-27-29(34)22-10-9-20(14-26(22)40-27)39-16-28(33)32-24(30(35)36)11-18-15-31-23-6-4-3-5-21(18)23/h3-10,12-15,24,31H,11,16H2,1-2H3,(H,32,33)(H,35,36)/b27-12-/t24-/m0/s1. The highest BCUT2D eigenvalue weighted by Gasteiger charge is 2.28. The predicted molar refractivity (Wildman–Crippen MR) is 146 cm³/mol. The van der Waals surface area contributed by atoms with Gasteiger partial charge in [0.15, 0.2) is 12.4 Å². The van der Waals surface area contributed by atoms with E-state index in [0.717, 1.165) is 16.5 Å². The van der Waals surface area contributed by atoms with Gasteiger partial charge >= 0.3 is 5.97 Å². The van der Waals surface area contributed by atoms with E-state index in [4.69, 9.17) is 18.9 Å². The third-order valence-corrected chi connectivity index (χ3v) is 6.47. The molecule has 0 unspecified atom stereocenters. The number of carboxylic acid groups (broad SMARTS) is 1. The van der Waals surface area contributed by atoms with Crippen molar-refractivity contribution in [1.29, 1.82) is 0 Å². The molecule has 10 nitrogen and oxygen atoms in total. The summed E-state index contributed by atoms with van der Waals surface area (Å²) in [5.74, 6) is -0.266. The second-order valence-electron chi connectivity index (χ2n) is 9.02. The van der Waals surface area contributed by atoms with Crippen LogP contribution in [0, 0.1) is 0 Å². The summed E-state index contributed by atoms with van der Waals surface area (Å²) in [7, 11) is 3.07. The normalized spacial score (nSPS) is 13.9. The lowest BCUT2D eigenvalue weighted by molar-refractivity contribution is -0.142. The Kier molecular flexibility index (Phi) is 7.41. The van der Waals surface area contributed by atoms with Crippen molar-refractivity contribution in [2.75, 3.05) is 20.8 Å². The van der Waals surface area contributed by atoms with E-state index >= 15 is 0 Å². The van der Waals surface area contributed by atoms with Gasteiger partial charge in [0.25, 0.3) is 5.91 Å². The van der Waals surface area contributed by atoms with Crippen molar-refractivity contribution in [3.05, 3.63) is 89.3 Å². The number of H-pyrrole nitrogens is 1. The Morgan fingerprint density at radius 2 is 1.85 bits per heavy atom. The summed E-state index contributed by atoms with van der Waals surface area (Å²) in [5.41, 5.74) is 2.64. The summed E-state index contributed by atoms with van der Waals surface area (Å²) in [5, 5.41) is 13.1. The highest BCUT2D eigenvalue weighted by atomic mass is 16.5. The van der Waals surface area contributed by atoms with Gasteiger partial charge in [-0.1, -0.05) is 18.2 Å². The van der Waals surface area contributed by atoms with Crippen LogP contribution in [-0.2, 0) is 16.0 Å². The molecule has 10 heteroatoms. The maximum Gasteiger partial charge on any atom is 0.326 e. The highest BCUT2D eigenvalue weighted by Crippen LogP contribution is 2.36. The van der Waals surface area contributed by atoms with Gasteiger partial charge in [0.05, 0.1) is 19.8 Å². The van der Waals surface area contributed by atoms with Gasteiger partial charge in [-0.15, -0.1) is 0 Å². The first-order valence-corrected chi connectivity index (χ1v) is 12.4. The molecule has 2 heterocycles. The number of carboxylic acids is 1. The van der Waals surface area contributed by atoms with Crippen LogP contribution in [0.15, 0.2) is 72.6 Å². The Morgan fingerprint density at radius 3 is 2.62 bits per heavy atom. The average molecular weight is 543 g/mol. The summed E-state index contributed by atoms with van der Waals surface area (Å²) < 4.78 is 21.9. The van der Waals surface area contributed by atoms with E-state index in [1.807, 2.05) is 24.3 Å². The number of ether oxygens (including phenoxy) is 4. The largest absolute Gasteiger partial charge is 0.497 e. The van der Waals surface area contributed by atoms with Gasteiger partial charge in [0.2, 0.25) is 5.78 Å². The number of fused-ring (bicyclic) bond motifs is 2. The van der Waals surface area contributed by atoms with Gasteiger partial charge in [-0.25, -0.2) is 4.79 Å². The fraction of sp³-hybridized carbons (Fsp3) is 0.167. The van der Waals surface area contributed by atoms with Crippen molar-refractivity contribution < 1.29 is 38.4 Å². The number of methoxy groups -OCH3 is 2. The lowest BCUT2D eigenvalue weighted by Crippen LogP contribution is -2.44. The van der Waals surface area contributed by atoms with E-state index < -0.39 is 24.5 Å². The molecule has 0 bridgehead atoms. The number of hydrogen-bond donors (Lipinski definition) is 3. The van der Waals surface area contributed by atoms with Crippen LogP contribution >= 0.6 is 0 Å². The maximum absolute atomic E-state index is 12.9. The van der Waals surface area contributed by atoms with E-state index in [2.05, 4.69) is 10.3 Å². The zero-order chi connectivity index (χ0) is 28.2. The number of ketones is 1. The number of nitrogens with one attached hydrogen (secondary N) is 2. The van der Waals surface area contributed by atoms with Crippen LogP contribution < -0.4 is 24.3 Å². The first kappa shape index (κ1) is 26.4. The number of Topliss-reactive ketones (excluding diaryl/α,β-unsaturated/α-hetero) is 1.